The lowest BCUT2D eigenvalue weighted by atomic mass is 10.3. The van der Waals surface area contributed by atoms with E-state index in [9.17, 15) is 13.5 Å². The van der Waals surface area contributed by atoms with Crippen molar-refractivity contribution in [2.45, 2.75) is 64.1 Å². The van der Waals surface area contributed by atoms with Crippen molar-refractivity contribution >= 4 is 10.0 Å². The molecular weight excluding hydrogens is 288 g/mol. The normalized spacial score (nSPS) is 16.4. The Morgan fingerprint density at radius 1 is 1.33 bits per heavy atom. The highest BCUT2D eigenvalue weighted by atomic mass is 32.2. The maximum absolute atomic E-state index is 12.9. The van der Waals surface area contributed by atoms with Crippen LogP contribution in [0.2, 0.25) is 0 Å². The molecule has 120 valence electrons. The predicted molar refractivity (Wildman–Crippen MR) is 82.5 cm³/mol. The molecule has 0 radical (unpaired) electrons. The average molecular weight is 314 g/mol. The Hall–Kier alpha value is -0.850. The molecule has 0 amide bonds. The zero-order valence-corrected chi connectivity index (χ0v) is 14.1. The second kappa shape index (κ2) is 6.10. The molecule has 1 N–H and O–H groups in total. The molecule has 6 heteroatoms. The molecule has 0 bridgehead atoms. The number of sulfonamides is 1. The maximum atomic E-state index is 12.9. The molecule has 1 aliphatic rings. The SMILES string of the molecule is CC(C)N(CC1CC1)S(=O)(=O)c1cc(CO)n(C(C)C)c1. The first-order valence-electron chi connectivity index (χ1n) is 7.60. The van der Waals surface area contributed by atoms with Crippen LogP contribution >= 0.6 is 0 Å². The third-order valence-electron chi connectivity index (χ3n) is 3.94. The summed E-state index contributed by atoms with van der Waals surface area (Å²) in [5.74, 6) is 0.506. The van der Waals surface area contributed by atoms with Crippen LogP contribution in [0.3, 0.4) is 0 Å². The summed E-state index contributed by atoms with van der Waals surface area (Å²) in [6.07, 6.45) is 3.88. The molecule has 1 saturated carbocycles. The quantitative estimate of drug-likeness (QED) is 0.840. The van der Waals surface area contributed by atoms with Gasteiger partial charge in [0.15, 0.2) is 0 Å². The van der Waals surface area contributed by atoms with Crippen LogP contribution in [0.4, 0.5) is 0 Å². The Morgan fingerprint density at radius 2 is 1.95 bits per heavy atom. The summed E-state index contributed by atoms with van der Waals surface area (Å²) >= 11 is 0. The van der Waals surface area contributed by atoms with E-state index in [2.05, 4.69) is 0 Å². The average Bonchev–Trinajstić information content (AvgIpc) is 3.10. The Labute approximate surface area is 127 Å². The van der Waals surface area contributed by atoms with E-state index in [1.807, 2.05) is 32.3 Å². The van der Waals surface area contributed by atoms with Gasteiger partial charge in [-0.05, 0) is 52.5 Å². The van der Waals surface area contributed by atoms with Gasteiger partial charge in [-0.25, -0.2) is 8.42 Å². The molecule has 2 rings (SSSR count). The summed E-state index contributed by atoms with van der Waals surface area (Å²) in [5, 5.41) is 9.42. The van der Waals surface area contributed by atoms with Crippen molar-refractivity contribution in [2.24, 2.45) is 5.92 Å². The standard InChI is InChI=1S/C15H26N2O3S/c1-11(2)16-9-15(7-14(16)10-18)21(19,20)17(12(3)4)8-13-5-6-13/h7,9,11-13,18H,5-6,8,10H2,1-4H3. The molecule has 0 spiro atoms. The van der Waals surface area contributed by atoms with E-state index in [1.54, 1.807) is 16.6 Å². The Bertz CT molecular complexity index is 586. The van der Waals surface area contributed by atoms with E-state index in [-0.39, 0.29) is 23.6 Å². The van der Waals surface area contributed by atoms with Crippen molar-refractivity contribution in [3.8, 4) is 0 Å². The lowest BCUT2D eigenvalue weighted by molar-refractivity contribution is 0.268. The van der Waals surface area contributed by atoms with Gasteiger partial charge in [-0.1, -0.05) is 0 Å². The van der Waals surface area contributed by atoms with Crippen molar-refractivity contribution in [1.82, 2.24) is 8.87 Å². The van der Waals surface area contributed by atoms with Crippen molar-refractivity contribution in [1.29, 1.82) is 0 Å². The first kappa shape index (κ1) is 16.5. The predicted octanol–water partition coefficient (Wildman–Crippen LogP) is 2.37. The summed E-state index contributed by atoms with van der Waals surface area (Å²) < 4.78 is 29.2. The van der Waals surface area contributed by atoms with Gasteiger partial charge >= 0.3 is 0 Å². The molecule has 21 heavy (non-hydrogen) atoms. The maximum Gasteiger partial charge on any atom is 0.244 e. The lowest BCUT2D eigenvalue weighted by Gasteiger charge is -2.25. The largest absolute Gasteiger partial charge is 0.390 e. The Balaban J connectivity index is 2.36. The number of hydrogen-bond donors (Lipinski definition) is 1. The molecule has 0 unspecified atom stereocenters. The number of aliphatic hydroxyl groups excluding tert-OH is 1. The zero-order chi connectivity index (χ0) is 15.8. The van der Waals surface area contributed by atoms with E-state index in [1.165, 1.54) is 0 Å². The molecule has 1 aromatic rings. The van der Waals surface area contributed by atoms with Crippen molar-refractivity contribution in [3.05, 3.63) is 18.0 Å². The Morgan fingerprint density at radius 3 is 2.33 bits per heavy atom. The number of aliphatic hydroxyl groups is 1. The van der Waals surface area contributed by atoms with Crippen LogP contribution in [0.25, 0.3) is 0 Å². The fourth-order valence-corrected chi connectivity index (χ4v) is 4.29. The van der Waals surface area contributed by atoms with E-state index < -0.39 is 10.0 Å². The minimum atomic E-state index is -3.50. The summed E-state index contributed by atoms with van der Waals surface area (Å²) in [4.78, 5) is 0.287. The Kier molecular flexibility index (Phi) is 4.80. The molecule has 0 atom stereocenters. The van der Waals surface area contributed by atoms with Gasteiger partial charge in [0.1, 0.15) is 4.90 Å². The molecule has 0 aromatic carbocycles. The third kappa shape index (κ3) is 3.49. The van der Waals surface area contributed by atoms with E-state index in [0.29, 0.717) is 18.2 Å². The molecular formula is C15H26N2O3S. The van der Waals surface area contributed by atoms with Gasteiger partial charge in [0.05, 0.1) is 6.61 Å². The molecule has 5 nitrogen and oxygen atoms in total. The van der Waals surface area contributed by atoms with Crippen LogP contribution in [-0.4, -0.2) is 35.0 Å². The minimum absolute atomic E-state index is 0.0597. The summed E-state index contributed by atoms with van der Waals surface area (Å²) in [6, 6.07) is 1.65. The first-order valence-corrected chi connectivity index (χ1v) is 9.04. The molecule has 0 saturated heterocycles. The molecule has 1 fully saturated rings. The van der Waals surface area contributed by atoms with Crippen LogP contribution in [-0.2, 0) is 16.6 Å². The molecule has 1 aliphatic carbocycles. The monoisotopic (exact) mass is 314 g/mol. The van der Waals surface area contributed by atoms with Crippen molar-refractivity contribution < 1.29 is 13.5 Å². The third-order valence-corrected chi connectivity index (χ3v) is 5.95. The molecule has 0 aliphatic heterocycles. The number of nitrogens with zero attached hydrogens (tertiary/aromatic N) is 2. The summed E-state index contributed by atoms with van der Waals surface area (Å²) in [6.45, 7) is 8.21. The highest BCUT2D eigenvalue weighted by Crippen LogP contribution is 2.33. The fraction of sp³-hybridized carbons (Fsp3) is 0.733. The van der Waals surface area contributed by atoms with Crippen LogP contribution in [0, 0.1) is 5.92 Å². The van der Waals surface area contributed by atoms with Gasteiger partial charge in [-0.3, -0.25) is 0 Å². The number of rotatable bonds is 7. The molecule has 1 heterocycles. The minimum Gasteiger partial charge on any atom is -0.390 e. The smallest absolute Gasteiger partial charge is 0.244 e. The highest BCUT2D eigenvalue weighted by molar-refractivity contribution is 7.89. The van der Waals surface area contributed by atoms with Crippen LogP contribution in [0.15, 0.2) is 17.2 Å². The highest BCUT2D eigenvalue weighted by Gasteiger charge is 2.34. The van der Waals surface area contributed by atoms with Crippen LogP contribution in [0.1, 0.15) is 52.3 Å². The fourth-order valence-electron chi connectivity index (χ4n) is 2.52. The second-order valence-corrected chi connectivity index (χ2v) is 8.33. The van der Waals surface area contributed by atoms with Gasteiger partial charge in [-0.15, -0.1) is 0 Å². The first-order chi connectivity index (χ1) is 9.77. The molecule has 1 aromatic heterocycles. The number of hydrogen-bond acceptors (Lipinski definition) is 3. The van der Waals surface area contributed by atoms with Gasteiger partial charge < -0.3 is 9.67 Å². The van der Waals surface area contributed by atoms with Crippen LogP contribution in [0.5, 0.6) is 0 Å². The lowest BCUT2D eigenvalue weighted by Crippen LogP contribution is -2.38. The summed E-state index contributed by atoms with van der Waals surface area (Å²) in [5.41, 5.74) is 0.638. The topological polar surface area (TPSA) is 62.5 Å². The van der Waals surface area contributed by atoms with Crippen molar-refractivity contribution in [3.63, 3.8) is 0 Å². The van der Waals surface area contributed by atoms with E-state index in [0.717, 1.165) is 12.8 Å². The van der Waals surface area contributed by atoms with Gasteiger partial charge in [0, 0.05) is 30.5 Å². The van der Waals surface area contributed by atoms with Gasteiger partial charge in [0.2, 0.25) is 10.0 Å². The van der Waals surface area contributed by atoms with Gasteiger partial charge in [-0.2, -0.15) is 4.31 Å². The second-order valence-electron chi connectivity index (χ2n) is 6.44. The van der Waals surface area contributed by atoms with E-state index >= 15 is 0 Å². The zero-order valence-electron chi connectivity index (χ0n) is 13.3. The summed E-state index contributed by atoms with van der Waals surface area (Å²) in [7, 11) is -3.50. The number of aromatic nitrogens is 1. The van der Waals surface area contributed by atoms with E-state index in [4.69, 9.17) is 0 Å². The van der Waals surface area contributed by atoms with Crippen LogP contribution < -0.4 is 0 Å². The van der Waals surface area contributed by atoms with Crippen molar-refractivity contribution in [2.75, 3.05) is 6.54 Å². The van der Waals surface area contributed by atoms with Gasteiger partial charge in [0.25, 0.3) is 0 Å².